The fourth-order valence-corrected chi connectivity index (χ4v) is 3.44. The highest BCUT2D eigenvalue weighted by atomic mass is 19.4. The van der Waals surface area contributed by atoms with Crippen LogP contribution in [-0.2, 0) is 0 Å². The summed E-state index contributed by atoms with van der Waals surface area (Å²) in [4.78, 5) is 12.5. The van der Waals surface area contributed by atoms with Gasteiger partial charge in [0, 0.05) is 11.3 Å². The Bertz CT molecular complexity index is 704. The molecule has 1 N–H and O–H groups in total. The molecule has 2 aliphatic rings. The molecular weight excluding hydrogens is 328 g/mol. The number of aliphatic hydroxyl groups is 1. The van der Waals surface area contributed by atoms with Gasteiger partial charge in [-0.1, -0.05) is 19.4 Å². The Morgan fingerprint density at radius 2 is 2.08 bits per heavy atom. The minimum atomic E-state index is -5.08. The third kappa shape index (κ3) is 2.40. The van der Waals surface area contributed by atoms with Crippen LogP contribution in [0.15, 0.2) is 29.4 Å². The molecule has 8 heteroatoms. The first-order valence-electron chi connectivity index (χ1n) is 7.64. The Kier molecular flexibility index (Phi) is 3.90. The topological polar surface area (TPSA) is 52.9 Å². The van der Waals surface area contributed by atoms with Crippen molar-refractivity contribution in [1.82, 2.24) is 5.01 Å². The molecule has 0 unspecified atom stereocenters. The molecule has 0 spiro atoms. The molecule has 1 amide bonds. The maximum Gasteiger partial charge on any atom is 0.439 e. The van der Waals surface area contributed by atoms with Crippen LogP contribution in [0, 0.1) is 17.7 Å². The second-order valence-corrected chi connectivity index (χ2v) is 6.26. The Morgan fingerprint density at radius 1 is 1.38 bits per heavy atom. The molecule has 0 radical (unpaired) electrons. The highest BCUT2D eigenvalue weighted by Crippen LogP contribution is 2.49. The molecule has 0 bridgehead atoms. The molecule has 1 fully saturated rings. The van der Waals surface area contributed by atoms with Gasteiger partial charge < -0.3 is 5.11 Å². The molecule has 1 saturated carbocycles. The number of nitrogens with zero attached hydrogens (tertiary/aromatic N) is 2. The Hall–Kier alpha value is -1.96. The molecule has 3 rings (SSSR count). The van der Waals surface area contributed by atoms with E-state index in [1.165, 1.54) is 12.1 Å². The maximum absolute atomic E-state index is 13.7. The number of benzene rings is 1. The lowest BCUT2D eigenvalue weighted by atomic mass is 9.75. The number of halogens is 4. The average molecular weight is 344 g/mol. The molecule has 1 aliphatic carbocycles. The first-order chi connectivity index (χ1) is 11.2. The van der Waals surface area contributed by atoms with Crippen molar-refractivity contribution in [1.29, 1.82) is 0 Å². The molecule has 3 atom stereocenters. The lowest BCUT2D eigenvalue weighted by molar-refractivity contribution is -0.312. The van der Waals surface area contributed by atoms with Crippen molar-refractivity contribution in [2.24, 2.45) is 16.9 Å². The lowest BCUT2D eigenvalue weighted by Crippen LogP contribution is -2.61. The minimum absolute atomic E-state index is 0.0869. The van der Waals surface area contributed by atoms with Gasteiger partial charge in [-0.25, -0.2) is 4.39 Å². The van der Waals surface area contributed by atoms with Gasteiger partial charge in [-0.15, -0.1) is 0 Å². The van der Waals surface area contributed by atoms with Gasteiger partial charge in [0.05, 0.1) is 5.92 Å². The van der Waals surface area contributed by atoms with Crippen LogP contribution in [0.5, 0.6) is 0 Å². The van der Waals surface area contributed by atoms with Crippen LogP contribution in [0.2, 0.25) is 0 Å². The highest BCUT2D eigenvalue weighted by Gasteiger charge is 2.69. The number of carbonyl (C=O) groups is 1. The van der Waals surface area contributed by atoms with E-state index in [0.717, 1.165) is 12.1 Å². The van der Waals surface area contributed by atoms with E-state index in [2.05, 4.69) is 5.10 Å². The van der Waals surface area contributed by atoms with Gasteiger partial charge in [0.2, 0.25) is 0 Å². The van der Waals surface area contributed by atoms with Gasteiger partial charge in [0.25, 0.3) is 11.6 Å². The lowest BCUT2D eigenvalue weighted by Gasteiger charge is -2.39. The van der Waals surface area contributed by atoms with E-state index in [9.17, 15) is 27.5 Å². The Balaban J connectivity index is 2.08. The van der Waals surface area contributed by atoms with Gasteiger partial charge in [0.15, 0.2) is 0 Å². The van der Waals surface area contributed by atoms with Crippen LogP contribution < -0.4 is 0 Å². The number of hydrogen-bond acceptors (Lipinski definition) is 3. The van der Waals surface area contributed by atoms with Crippen molar-refractivity contribution in [3.05, 3.63) is 35.6 Å². The molecular formula is C16H16F4N2O2. The number of carbonyl (C=O) groups excluding carboxylic acids is 1. The molecule has 0 aromatic heterocycles. The Morgan fingerprint density at radius 3 is 2.71 bits per heavy atom. The van der Waals surface area contributed by atoms with Crippen molar-refractivity contribution >= 4 is 11.6 Å². The van der Waals surface area contributed by atoms with Crippen LogP contribution in [0.1, 0.15) is 36.5 Å². The molecule has 1 aromatic carbocycles. The van der Waals surface area contributed by atoms with E-state index in [4.69, 9.17) is 0 Å². The van der Waals surface area contributed by atoms with E-state index < -0.39 is 29.5 Å². The van der Waals surface area contributed by atoms with Gasteiger partial charge in [0.1, 0.15) is 5.82 Å². The molecule has 130 valence electrons. The summed E-state index contributed by atoms with van der Waals surface area (Å²) in [5.41, 5.74) is -3.53. The van der Waals surface area contributed by atoms with Crippen LogP contribution in [-0.4, -0.2) is 33.6 Å². The number of alkyl halides is 3. The predicted octanol–water partition coefficient (Wildman–Crippen LogP) is 3.32. The normalized spacial score (nSPS) is 30.1. The van der Waals surface area contributed by atoms with Crippen molar-refractivity contribution in [3.8, 4) is 0 Å². The molecule has 1 heterocycles. The van der Waals surface area contributed by atoms with E-state index >= 15 is 0 Å². The zero-order valence-electron chi connectivity index (χ0n) is 12.8. The number of rotatable bonds is 1. The van der Waals surface area contributed by atoms with Crippen LogP contribution >= 0.6 is 0 Å². The first-order valence-corrected chi connectivity index (χ1v) is 7.64. The second kappa shape index (κ2) is 5.54. The third-order valence-corrected chi connectivity index (χ3v) is 4.70. The standard InChI is InChI=1S/C16H16F4N2O2/c1-9-4-2-7-12-13(9)21-22(15(12,24)16(18,19)20)14(23)10-5-3-6-11(17)8-10/h3,5-6,8-9,12,24H,2,4,7H2,1H3/t9-,12-,15+/m1/s1. The number of hydrazone groups is 1. The first kappa shape index (κ1) is 16.9. The zero-order chi connectivity index (χ0) is 17.7. The quantitative estimate of drug-likeness (QED) is 0.795. The van der Waals surface area contributed by atoms with Crippen LogP contribution in [0.25, 0.3) is 0 Å². The van der Waals surface area contributed by atoms with E-state index in [1.54, 1.807) is 6.92 Å². The molecule has 1 aliphatic heterocycles. The van der Waals surface area contributed by atoms with Crippen LogP contribution in [0.4, 0.5) is 17.6 Å². The van der Waals surface area contributed by atoms with Gasteiger partial charge in [-0.2, -0.15) is 23.3 Å². The van der Waals surface area contributed by atoms with Crippen molar-refractivity contribution in [2.75, 3.05) is 0 Å². The summed E-state index contributed by atoms with van der Waals surface area (Å²) in [5, 5.41) is 14.4. The SMILES string of the molecule is C[C@@H]1CCC[C@@H]2C1=NN(C(=O)c1cccc(F)c1)[C@@]2(O)C(F)(F)F. The Labute approximate surface area is 135 Å². The number of hydrogen-bond donors (Lipinski definition) is 1. The fourth-order valence-electron chi connectivity index (χ4n) is 3.44. The monoisotopic (exact) mass is 344 g/mol. The van der Waals surface area contributed by atoms with Crippen molar-refractivity contribution in [2.45, 2.75) is 38.1 Å². The van der Waals surface area contributed by atoms with Gasteiger partial charge >= 0.3 is 6.18 Å². The third-order valence-electron chi connectivity index (χ3n) is 4.70. The van der Waals surface area contributed by atoms with E-state index in [0.29, 0.717) is 12.8 Å². The summed E-state index contributed by atoms with van der Waals surface area (Å²) < 4.78 is 54.3. The van der Waals surface area contributed by atoms with E-state index in [-0.39, 0.29) is 28.6 Å². The molecule has 0 saturated heterocycles. The minimum Gasteiger partial charge on any atom is -0.362 e. The summed E-state index contributed by atoms with van der Waals surface area (Å²) in [5.74, 6) is -3.49. The number of amides is 1. The smallest absolute Gasteiger partial charge is 0.362 e. The van der Waals surface area contributed by atoms with E-state index in [1.807, 2.05) is 0 Å². The largest absolute Gasteiger partial charge is 0.439 e. The summed E-state index contributed by atoms with van der Waals surface area (Å²) in [6.07, 6.45) is -3.84. The van der Waals surface area contributed by atoms with Crippen LogP contribution in [0.3, 0.4) is 0 Å². The van der Waals surface area contributed by atoms with Crippen molar-refractivity contribution < 1.29 is 27.5 Å². The number of fused-ring (bicyclic) bond motifs is 1. The summed E-state index contributed by atoms with van der Waals surface area (Å²) in [6.45, 7) is 1.72. The second-order valence-electron chi connectivity index (χ2n) is 6.26. The van der Waals surface area contributed by atoms with Gasteiger partial charge in [-0.3, -0.25) is 4.79 Å². The molecule has 24 heavy (non-hydrogen) atoms. The fraction of sp³-hybridized carbons (Fsp3) is 0.500. The zero-order valence-corrected chi connectivity index (χ0v) is 12.8. The molecule has 1 aromatic rings. The summed E-state index contributed by atoms with van der Waals surface area (Å²) in [6, 6.07) is 4.30. The predicted molar refractivity (Wildman–Crippen MR) is 77.5 cm³/mol. The maximum atomic E-state index is 13.7. The van der Waals surface area contributed by atoms with Crippen molar-refractivity contribution in [3.63, 3.8) is 0 Å². The summed E-state index contributed by atoms with van der Waals surface area (Å²) in [7, 11) is 0. The van der Waals surface area contributed by atoms with Gasteiger partial charge in [-0.05, 0) is 37.0 Å². The average Bonchev–Trinajstić information content (AvgIpc) is 2.82. The summed E-state index contributed by atoms with van der Waals surface area (Å²) >= 11 is 0. The molecule has 4 nitrogen and oxygen atoms in total. The highest BCUT2D eigenvalue weighted by molar-refractivity contribution is 6.00.